The van der Waals surface area contributed by atoms with Crippen LogP contribution in [0.2, 0.25) is 0 Å². The summed E-state index contributed by atoms with van der Waals surface area (Å²) in [5.74, 6) is -1.36. The van der Waals surface area contributed by atoms with E-state index in [0.717, 1.165) is 24.5 Å². The first-order valence-corrected chi connectivity index (χ1v) is 10.9. The third-order valence-electron chi connectivity index (χ3n) is 3.54. The Kier molecular flexibility index (Phi) is 4.33. The third kappa shape index (κ3) is 4.89. The summed E-state index contributed by atoms with van der Waals surface area (Å²) >= 11 is 0. The zero-order valence-corrected chi connectivity index (χ0v) is 15.5. The van der Waals surface area contributed by atoms with Crippen LogP contribution in [-0.4, -0.2) is 25.7 Å². The predicted octanol–water partition coefficient (Wildman–Crippen LogP) is 5.50. The van der Waals surface area contributed by atoms with Gasteiger partial charge in [0.25, 0.3) is 0 Å². The van der Waals surface area contributed by atoms with Crippen LogP contribution in [0.3, 0.4) is 0 Å². The Bertz CT molecular complexity index is 1030. The van der Waals surface area contributed by atoms with Gasteiger partial charge >= 0.3 is 16.2 Å². The van der Waals surface area contributed by atoms with Crippen molar-refractivity contribution in [2.75, 3.05) is 11.6 Å². The summed E-state index contributed by atoms with van der Waals surface area (Å²) in [7, 11) is -13.7. The van der Waals surface area contributed by atoms with Gasteiger partial charge in [-0.3, -0.25) is 0 Å². The van der Waals surface area contributed by atoms with Gasteiger partial charge in [-0.1, -0.05) is 19.4 Å². The van der Waals surface area contributed by atoms with Crippen molar-refractivity contribution in [3.05, 3.63) is 47.5 Å². The average molecular weight is 431 g/mol. The molecule has 0 saturated carbocycles. The third-order valence-corrected chi connectivity index (χ3v) is 5.83. The lowest BCUT2D eigenvalue weighted by molar-refractivity contribution is 0.0695. The molecule has 0 bridgehead atoms. The van der Waals surface area contributed by atoms with Gasteiger partial charge in [0.1, 0.15) is 4.90 Å². The van der Waals surface area contributed by atoms with Gasteiger partial charge in [0.05, 0.1) is 16.1 Å². The maximum Gasteiger partial charge on any atom is 0.335 e. The Hall–Kier alpha value is -2.34. The molecule has 150 valence electrons. The largest absolute Gasteiger partial charge is 0.478 e. The second-order valence-electron chi connectivity index (χ2n) is 5.86. The van der Waals surface area contributed by atoms with Crippen molar-refractivity contribution in [2.24, 2.45) is 0 Å². The van der Waals surface area contributed by atoms with Gasteiger partial charge in [-0.2, -0.15) is 0 Å². The van der Waals surface area contributed by atoms with E-state index >= 15 is 0 Å². The summed E-state index contributed by atoms with van der Waals surface area (Å²) < 4.78 is 87.6. The lowest BCUT2D eigenvalue weighted by atomic mass is 10.1. The van der Waals surface area contributed by atoms with E-state index in [0.29, 0.717) is 0 Å². The van der Waals surface area contributed by atoms with Gasteiger partial charge in [-0.15, -0.1) is 0 Å². The molecule has 0 amide bonds. The van der Waals surface area contributed by atoms with E-state index in [4.69, 9.17) is 5.11 Å². The lowest BCUT2D eigenvalue weighted by Gasteiger charge is -2.40. The van der Waals surface area contributed by atoms with Crippen LogP contribution in [0, 0.1) is 6.92 Å². The van der Waals surface area contributed by atoms with E-state index in [1.807, 2.05) is 0 Å². The van der Waals surface area contributed by atoms with Crippen molar-refractivity contribution in [1.82, 2.24) is 0 Å². The molecular weight excluding hydrogens is 417 g/mol. The zero-order chi connectivity index (χ0) is 20.9. The quantitative estimate of drug-likeness (QED) is 0.611. The molecule has 2 aromatic carbocycles. The normalized spacial score (nSPS) is 14.9. The van der Waals surface area contributed by atoms with Gasteiger partial charge in [0.2, 0.25) is 0 Å². The van der Waals surface area contributed by atoms with Crippen molar-refractivity contribution >= 4 is 37.4 Å². The van der Waals surface area contributed by atoms with E-state index in [1.54, 1.807) is 0 Å². The maximum absolute atomic E-state index is 12.7. The number of carbonyl (C=O) groups is 1. The molecule has 2 aromatic rings. The topological polar surface area (TPSA) is 83.5 Å². The number of anilines is 2. The molecule has 0 radical (unpaired) electrons. The molecule has 27 heavy (non-hydrogen) atoms. The molecule has 0 spiro atoms. The molecule has 0 heterocycles. The second kappa shape index (κ2) is 5.58. The van der Waals surface area contributed by atoms with Crippen molar-refractivity contribution in [1.29, 1.82) is 0 Å². The minimum atomic E-state index is -9.82. The average Bonchev–Trinajstić information content (AvgIpc) is 2.43. The predicted molar refractivity (Wildman–Crippen MR) is 92.4 cm³/mol. The first kappa shape index (κ1) is 21.0. The summed E-state index contributed by atoms with van der Waals surface area (Å²) in [5, 5.41) is 11.6. The SMILES string of the molecule is Cc1cc(Nc2ccc(S(F)(F)(F)(F)F)cc2)c(S(C)(=O)=O)cc1C(=O)O. The first-order chi connectivity index (χ1) is 11.9. The molecule has 0 saturated heterocycles. The van der Waals surface area contributed by atoms with Crippen molar-refractivity contribution in [3.63, 3.8) is 0 Å². The van der Waals surface area contributed by atoms with Crippen molar-refractivity contribution in [3.8, 4) is 0 Å². The van der Waals surface area contributed by atoms with Gasteiger partial charge in [-0.25, -0.2) is 13.2 Å². The fraction of sp³-hybridized carbons (Fsp3) is 0.133. The molecule has 0 fully saturated rings. The molecule has 0 aliphatic rings. The van der Waals surface area contributed by atoms with Crippen LogP contribution < -0.4 is 5.32 Å². The number of carboxylic acid groups (broad SMARTS) is 1. The van der Waals surface area contributed by atoms with E-state index in [9.17, 15) is 32.6 Å². The Balaban J connectivity index is 2.52. The highest BCUT2D eigenvalue weighted by Gasteiger charge is 2.65. The van der Waals surface area contributed by atoms with Crippen molar-refractivity contribution in [2.45, 2.75) is 16.7 Å². The zero-order valence-electron chi connectivity index (χ0n) is 13.8. The lowest BCUT2D eigenvalue weighted by Crippen LogP contribution is -2.08. The smallest absolute Gasteiger partial charge is 0.335 e. The Morgan fingerprint density at radius 3 is 1.96 bits per heavy atom. The highest BCUT2D eigenvalue weighted by Crippen LogP contribution is 3.02. The van der Waals surface area contributed by atoms with Crippen LogP contribution in [-0.2, 0) is 9.84 Å². The molecular formula is C15H14F5NO4S2. The van der Waals surface area contributed by atoms with Crippen LogP contribution in [0.5, 0.6) is 0 Å². The van der Waals surface area contributed by atoms with Gasteiger partial charge in [0, 0.05) is 11.9 Å². The number of hydrogen-bond donors (Lipinski definition) is 2. The van der Waals surface area contributed by atoms with Crippen LogP contribution in [0.25, 0.3) is 0 Å². The van der Waals surface area contributed by atoms with E-state index < -0.39 is 35.8 Å². The fourth-order valence-corrected chi connectivity index (χ4v) is 3.77. The molecule has 0 unspecified atom stereocenters. The molecule has 0 atom stereocenters. The van der Waals surface area contributed by atoms with Gasteiger partial charge in [0.15, 0.2) is 9.84 Å². The maximum atomic E-state index is 12.7. The summed E-state index contributed by atoms with van der Waals surface area (Å²) in [4.78, 5) is 8.69. The Morgan fingerprint density at radius 2 is 1.56 bits per heavy atom. The number of rotatable bonds is 5. The number of benzene rings is 2. The highest BCUT2D eigenvalue weighted by atomic mass is 32.5. The second-order valence-corrected chi connectivity index (χ2v) is 10.3. The fourth-order valence-electron chi connectivity index (χ4n) is 2.27. The Morgan fingerprint density at radius 1 is 1.04 bits per heavy atom. The monoisotopic (exact) mass is 431 g/mol. The number of sulfone groups is 1. The number of nitrogens with one attached hydrogen (secondary N) is 1. The van der Waals surface area contributed by atoms with Gasteiger partial charge < -0.3 is 10.4 Å². The van der Waals surface area contributed by atoms with Gasteiger partial charge in [-0.05, 0) is 48.9 Å². The molecule has 5 nitrogen and oxygen atoms in total. The highest BCUT2D eigenvalue weighted by molar-refractivity contribution is 8.45. The van der Waals surface area contributed by atoms with Crippen LogP contribution >= 0.6 is 10.2 Å². The number of hydrogen-bond acceptors (Lipinski definition) is 4. The number of carboxylic acids is 1. The molecule has 0 aliphatic heterocycles. The number of aromatic carboxylic acids is 1. The van der Waals surface area contributed by atoms with Crippen LogP contribution in [0.1, 0.15) is 15.9 Å². The number of aryl methyl sites for hydroxylation is 1. The molecule has 2 N–H and O–H groups in total. The van der Waals surface area contributed by atoms with E-state index in [2.05, 4.69) is 5.32 Å². The number of halogens is 5. The molecule has 12 heteroatoms. The molecule has 0 aromatic heterocycles. The van der Waals surface area contributed by atoms with Crippen LogP contribution in [0.15, 0.2) is 46.2 Å². The summed E-state index contributed by atoms with van der Waals surface area (Å²) in [6.07, 6.45) is 0.825. The Labute approximate surface area is 151 Å². The van der Waals surface area contributed by atoms with Crippen molar-refractivity contribution < 1.29 is 37.7 Å². The summed E-state index contributed by atoms with van der Waals surface area (Å²) in [6.45, 7) is 1.40. The minimum absolute atomic E-state index is 0.0898. The minimum Gasteiger partial charge on any atom is -0.478 e. The summed E-state index contributed by atoms with van der Waals surface area (Å²) in [5.41, 5.74) is -0.258. The van der Waals surface area contributed by atoms with Crippen LogP contribution in [0.4, 0.5) is 30.8 Å². The molecule has 2 rings (SSSR count). The first-order valence-electron chi connectivity index (χ1n) is 7.08. The van der Waals surface area contributed by atoms with E-state index in [-0.39, 0.29) is 34.6 Å². The summed E-state index contributed by atoms with van der Waals surface area (Å²) in [6, 6.07) is 3.92. The standard InChI is InChI=1S/C15H14F5NO4S2/c1-9-7-13(14(26(2,24)25)8-12(9)15(22)23)21-10-3-5-11(6-4-10)27(16,17,18,19)20/h3-8,21H,1-2H3,(H,22,23). The van der Waals surface area contributed by atoms with E-state index in [1.165, 1.54) is 13.0 Å². The molecule has 0 aliphatic carbocycles.